The van der Waals surface area contributed by atoms with Gasteiger partial charge in [0.15, 0.2) is 5.60 Å². The van der Waals surface area contributed by atoms with Gasteiger partial charge in [-0.3, -0.25) is 19.2 Å². The molecule has 2 saturated heterocycles. The van der Waals surface area contributed by atoms with E-state index in [1.807, 2.05) is 103 Å². The fourth-order valence-electron chi connectivity index (χ4n) is 14.0. The molecule has 0 radical (unpaired) electrons. The van der Waals surface area contributed by atoms with Crippen LogP contribution in [-0.2, 0) is 136 Å². The summed E-state index contributed by atoms with van der Waals surface area (Å²) in [6.07, 6.45) is 0.758. The first-order valence-electron chi connectivity index (χ1n) is 37.3. The fraction of sp³-hybridized carbons (Fsp3) is 0.375. The molecule has 0 aliphatic carbocycles. The lowest BCUT2D eigenvalue weighted by Crippen LogP contribution is -2.47. The van der Waals surface area contributed by atoms with Crippen molar-refractivity contribution in [3.8, 4) is 34.2 Å². The summed E-state index contributed by atoms with van der Waals surface area (Å²) in [7, 11) is 2.77. The number of nitrogens with zero attached hydrogens (tertiary/aromatic N) is 6. The second kappa shape index (κ2) is 38.7. The van der Waals surface area contributed by atoms with E-state index in [0.717, 1.165) is 80.1 Å². The standard InChI is InChI=1S/C31H34I2N4O7S2.C23H20N2O6S.C20H16N2O4.C3H4O2S.C2H4S.CO2/c1-2-31(44-30(41)42-11-12-45-46-17-22(34)27(38)35-10-6-5-9-25(32)33)21-14-24-26-19(13-18-7-3-4-8-23(18)36-26)15-37(24)28(39)20(21)16-43-29(31)40;1-2-23(31-22(28)29-7-8-32)16-10-18-19-14(9-13-5-3-4-6-17(13)24-19)11-25(18)20(26)15(16)12-30-21(23)27;1-2-20(25)14-8-16-17-12(7-11-5-3-4-6-15(11)21-17)9-22(16)18(23)13(14)10-26-19(20)24;4-3-5-1-2-6-3;1-2-3-1;2-1-3/h3-4,7-8,13-14,22,25H,2,5-6,9-12,15-17,34H2,1H3,(H,35,38);3-6,9-10,32H,2,7-8,11-12H2,1H3;3-8,25H,2,9-10H2,1H3;1-2H2;1-2H2;/p-1/t22-,31+;23-;20-;;;/m100.../s1/i25T;;;;;. The zero-order valence-corrected chi connectivity index (χ0v) is 71.1. The molecule has 8 aliphatic rings. The van der Waals surface area contributed by atoms with E-state index in [-0.39, 0.29) is 109 Å². The van der Waals surface area contributed by atoms with Gasteiger partial charge in [0, 0.05) is 84.8 Å². The number of esters is 3. The summed E-state index contributed by atoms with van der Waals surface area (Å²) in [6.45, 7) is 6.74. The molecule has 1 amide bonds. The Morgan fingerprint density at radius 2 is 1.04 bits per heavy atom. The van der Waals surface area contributed by atoms with Crippen molar-refractivity contribution in [3.63, 3.8) is 0 Å². The molecular formula is C80H77I2N8O21S5-. The Kier molecular flexibility index (Phi) is 28.4. The molecule has 0 saturated carbocycles. The Hall–Kier alpha value is -8.86. The smallest absolute Gasteiger partial charge is 0.509 e. The van der Waals surface area contributed by atoms with Crippen molar-refractivity contribution < 1.29 is 87.5 Å². The lowest BCUT2D eigenvalue weighted by molar-refractivity contribution is -0.192. The third-order valence-corrected chi connectivity index (χ3v) is 24.7. The van der Waals surface area contributed by atoms with Gasteiger partial charge in [0.05, 0.1) is 103 Å². The van der Waals surface area contributed by atoms with Crippen LogP contribution in [0.1, 0.15) is 111 Å². The first-order chi connectivity index (χ1) is 56.2. The number of cyclic esters (lactones) is 4. The number of benzene rings is 3. The highest BCUT2D eigenvalue weighted by Crippen LogP contribution is 2.45. The molecule has 0 spiro atoms. The zero-order valence-electron chi connectivity index (χ0n) is 63.7. The Morgan fingerprint density at radius 1 is 0.621 bits per heavy atom. The van der Waals surface area contributed by atoms with Gasteiger partial charge < -0.3 is 80.4 Å². The number of unbranched alkanes of at least 4 members (excludes halogenated alkanes) is 1. The number of ether oxygens (including phenoxy) is 8. The van der Waals surface area contributed by atoms with Crippen LogP contribution in [-0.4, -0.2) is 150 Å². The summed E-state index contributed by atoms with van der Waals surface area (Å²) in [4.78, 5) is 156. The molecule has 8 aliphatic heterocycles. The number of amides is 1. The van der Waals surface area contributed by atoms with Crippen molar-refractivity contribution in [1.29, 1.82) is 0 Å². The number of hydrogen-bond acceptors (Lipinski definition) is 30. The van der Waals surface area contributed by atoms with Gasteiger partial charge in [-0.05, 0) is 105 Å². The minimum absolute atomic E-state index is 0.0119. The van der Waals surface area contributed by atoms with E-state index in [1.54, 1.807) is 52.7 Å². The number of nitrogens with one attached hydrogen (secondary N) is 1. The number of fused-ring (bicyclic) bond motifs is 15. The number of nitrogens with two attached hydrogens (primary N) is 1. The predicted molar refractivity (Wildman–Crippen MR) is 454 cm³/mol. The summed E-state index contributed by atoms with van der Waals surface area (Å²) in [5.41, 5.74) is 10.5. The third kappa shape index (κ3) is 18.7. The van der Waals surface area contributed by atoms with Crippen LogP contribution in [0.5, 0.6) is 0 Å². The van der Waals surface area contributed by atoms with Crippen molar-refractivity contribution in [2.24, 2.45) is 5.73 Å². The summed E-state index contributed by atoms with van der Waals surface area (Å²) < 4.78 is 53.8. The summed E-state index contributed by atoms with van der Waals surface area (Å²) >= 11 is 12.2. The number of hydrogen-bond donors (Lipinski definition) is 3. The van der Waals surface area contributed by atoms with Crippen molar-refractivity contribution in [2.45, 2.75) is 124 Å². The van der Waals surface area contributed by atoms with E-state index in [4.69, 9.17) is 77.4 Å². The highest BCUT2D eigenvalue weighted by atomic mass is 127. The van der Waals surface area contributed by atoms with Gasteiger partial charge in [-0.2, -0.15) is 21.4 Å². The molecule has 3 aromatic carbocycles. The van der Waals surface area contributed by atoms with Gasteiger partial charge in [-0.25, -0.2) is 43.7 Å². The number of thioether (sulfide) groups is 2. The molecule has 0 unspecified atom stereocenters. The van der Waals surface area contributed by atoms with E-state index in [2.05, 4.69) is 55.2 Å². The number of aromatic nitrogens is 6. The van der Waals surface area contributed by atoms with Gasteiger partial charge in [0.1, 0.15) is 33.0 Å². The van der Waals surface area contributed by atoms with Crippen LogP contribution >= 0.6 is 90.3 Å². The van der Waals surface area contributed by atoms with Crippen LogP contribution < -0.4 is 27.7 Å². The zero-order chi connectivity index (χ0) is 83.5. The number of rotatable bonds is 19. The maximum atomic E-state index is 13.7. The van der Waals surface area contributed by atoms with Gasteiger partial charge in [-0.15, -0.1) is 5.75 Å². The monoisotopic (exact) mass is 1900 g/mol. The van der Waals surface area contributed by atoms with Crippen LogP contribution in [0.15, 0.2) is 124 Å². The highest BCUT2D eigenvalue weighted by Gasteiger charge is 2.53. The number of halogens is 2. The Balaban J connectivity index is 0.000000156. The third-order valence-electron chi connectivity index (χ3n) is 19.9. The molecule has 0 bridgehead atoms. The van der Waals surface area contributed by atoms with Crippen LogP contribution in [0.3, 0.4) is 0 Å². The van der Waals surface area contributed by atoms with Crippen molar-refractivity contribution in [1.82, 2.24) is 34.0 Å². The second-order valence-corrected chi connectivity index (χ2v) is 36.8. The second-order valence-electron chi connectivity index (χ2n) is 26.9. The maximum absolute atomic E-state index is 13.7. The van der Waals surface area contributed by atoms with Crippen LogP contribution in [0.25, 0.3) is 66.9 Å². The molecule has 4 atom stereocenters. The molecule has 4 N–H and O–H groups in total. The average Bonchev–Trinajstić information content (AvgIpc) is 1.67. The van der Waals surface area contributed by atoms with Crippen molar-refractivity contribution in [3.05, 3.63) is 190 Å². The largest absolute Gasteiger partial charge is 0.789 e. The number of aliphatic hydroxyl groups is 1. The van der Waals surface area contributed by atoms with Gasteiger partial charge >= 0.3 is 41.7 Å². The van der Waals surface area contributed by atoms with Crippen LogP contribution in [0.4, 0.5) is 14.4 Å². The van der Waals surface area contributed by atoms with Crippen LogP contribution in [0, 0.1) is 0 Å². The summed E-state index contributed by atoms with van der Waals surface area (Å²) in [5, 5.41) is 16.5. The molecule has 9 aromatic rings. The predicted octanol–water partition coefficient (Wildman–Crippen LogP) is 11.3. The molecule has 6 aromatic heterocycles. The van der Waals surface area contributed by atoms with E-state index in [9.17, 15) is 53.1 Å². The Bertz CT molecular complexity index is 5620. The quantitative estimate of drug-likeness (QED) is 0.00989. The lowest BCUT2D eigenvalue weighted by Gasteiger charge is -2.35. The number of para-hydroxylation sites is 3. The molecule has 14 heterocycles. The SMILES string of the molecule is C1CS1.CC[C@@]1(O)C(=O)OCc2c1cc1n(c2=O)Cc2cc3ccccc3nc2-1.CC[C@@]1(OC(=O)OCC[S-])C(=O)OCc2c1cc1n(c2=O)Cc2cc3ccccc3nc2-1.O=C1OCCS1.O=C=O.[3H]C(I)(I)CCCCNC(=O)[C@H](N)CSSCCOC(=O)O[C@]1(CC)C(=O)OCc2c1cc1n(c2=O)Cc2cc3ccccc3nc2-1. The Morgan fingerprint density at radius 3 is 1.43 bits per heavy atom. The minimum atomic E-state index is -1.85. The average molecular weight is 1900 g/mol. The highest BCUT2D eigenvalue weighted by molar-refractivity contribution is 14.2. The molecule has 36 heteroatoms. The maximum Gasteiger partial charge on any atom is 0.509 e. The molecule has 608 valence electrons. The molecular weight excluding hydrogens is 1820 g/mol. The van der Waals surface area contributed by atoms with Crippen molar-refractivity contribution in [2.75, 3.05) is 60.9 Å². The van der Waals surface area contributed by atoms with Crippen LogP contribution in [0.2, 0.25) is 0 Å². The molecule has 116 heavy (non-hydrogen) atoms. The number of carbonyl (C=O) groups excluding carboxylic acids is 9. The normalized spacial score (nSPS) is 18.5. The fourth-order valence-corrected chi connectivity index (χ4v) is 17.3. The summed E-state index contributed by atoms with van der Waals surface area (Å²) in [6, 6.07) is 33.7. The van der Waals surface area contributed by atoms with E-state index >= 15 is 0 Å². The molecule has 17 rings (SSSR count). The lowest BCUT2D eigenvalue weighted by atomic mass is 9.85. The number of alkyl halides is 2. The van der Waals surface area contributed by atoms with E-state index in [0.29, 0.717) is 89.5 Å². The van der Waals surface area contributed by atoms with Gasteiger partial charge in [0.2, 0.25) is 17.1 Å². The van der Waals surface area contributed by atoms with Gasteiger partial charge in [0.25, 0.3) is 16.7 Å². The Labute approximate surface area is 713 Å². The van der Waals surface area contributed by atoms with E-state index < -0.39 is 55.0 Å². The van der Waals surface area contributed by atoms with E-state index in [1.165, 1.54) is 44.9 Å². The number of pyridine rings is 6. The first-order valence-corrected chi connectivity index (χ1v) is 44.2. The summed E-state index contributed by atoms with van der Waals surface area (Å²) in [5.74, 6) is 2.17. The number of carbonyl (C=O) groups is 7. The van der Waals surface area contributed by atoms with Gasteiger partial charge in [-0.1, -0.05) is 142 Å². The minimum Gasteiger partial charge on any atom is -0.789 e. The first kappa shape index (κ1) is 85.0. The molecule has 2 fully saturated rings. The topological polar surface area (TPSA) is 390 Å². The van der Waals surface area contributed by atoms with Crippen molar-refractivity contribution >= 4 is 183 Å². The molecule has 29 nitrogen and oxygen atoms in total.